The Labute approximate surface area is 204 Å². The van der Waals surface area contributed by atoms with E-state index in [9.17, 15) is 15.0 Å². The molecule has 2 aromatic carbocycles. The second kappa shape index (κ2) is 11.6. The van der Waals surface area contributed by atoms with Gasteiger partial charge in [0.05, 0.1) is 25.4 Å². The van der Waals surface area contributed by atoms with Gasteiger partial charge in [-0.2, -0.15) is 0 Å². The van der Waals surface area contributed by atoms with Crippen LogP contribution >= 0.6 is 23.2 Å². The van der Waals surface area contributed by atoms with Gasteiger partial charge in [0.25, 0.3) is 5.91 Å². The lowest BCUT2D eigenvalue weighted by Crippen LogP contribution is -2.60. The predicted molar refractivity (Wildman–Crippen MR) is 128 cm³/mol. The number of carbonyl (C=O) groups excluding carboxylic acids is 1. The molecule has 8 heteroatoms. The quantitative estimate of drug-likeness (QED) is 0.486. The summed E-state index contributed by atoms with van der Waals surface area (Å²) in [5, 5.41) is 25.3. The van der Waals surface area contributed by atoms with Crippen molar-refractivity contribution >= 4 is 29.1 Å². The third-order valence-corrected chi connectivity index (χ3v) is 6.16. The second-order valence-electron chi connectivity index (χ2n) is 8.96. The summed E-state index contributed by atoms with van der Waals surface area (Å²) in [4.78, 5) is 13.3. The number of nitrogens with one attached hydrogen (secondary N) is 1. The number of halogens is 2. The summed E-state index contributed by atoms with van der Waals surface area (Å²) in [6.07, 6.45) is -3.10. The van der Waals surface area contributed by atoms with Crippen LogP contribution < -0.4 is 5.32 Å². The van der Waals surface area contributed by atoms with Crippen LogP contribution in [0.5, 0.6) is 0 Å². The smallest absolute Gasteiger partial charge is 0.252 e. The zero-order valence-electron chi connectivity index (χ0n) is 18.8. The number of aliphatic hydroxyl groups excluding tert-OH is 2. The molecule has 4 atom stereocenters. The van der Waals surface area contributed by atoms with E-state index in [4.69, 9.17) is 32.7 Å². The summed E-state index contributed by atoms with van der Waals surface area (Å²) in [7, 11) is 0. The van der Waals surface area contributed by atoms with Crippen molar-refractivity contribution in [2.24, 2.45) is 5.92 Å². The maximum absolute atomic E-state index is 13.3. The van der Waals surface area contributed by atoms with Crippen molar-refractivity contribution in [3.05, 3.63) is 69.7 Å². The summed E-state index contributed by atoms with van der Waals surface area (Å²) in [6.45, 7) is 4.76. The van der Waals surface area contributed by atoms with E-state index in [2.05, 4.69) is 5.32 Å². The van der Waals surface area contributed by atoms with Gasteiger partial charge in [0.15, 0.2) is 5.60 Å². The summed E-state index contributed by atoms with van der Waals surface area (Å²) in [5.74, 6) is -0.0894. The standard InChI is InChI=1S/C25H31Cl2NO5/c1-16(2)13-28-24(31)25(33-15-18-6-4-8-20(27)10-18)11-21(29)23(30)22(12-25)32-14-17-5-3-7-19(26)9-17/h3-10,16,21-23,29-30H,11-15H2,1-2H3,(H,28,31)/t21-,22?,23-,25+/m1/s1. The van der Waals surface area contributed by atoms with E-state index in [-0.39, 0.29) is 37.9 Å². The van der Waals surface area contributed by atoms with Gasteiger partial charge in [-0.1, -0.05) is 61.3 Å². The van der Waals surface area contributed by atoms with Crippen LogP contribution in [-0.4, -0.2) is 46.6 Å². The lowest BCUT2D eigenvalue weighted by atomic mass is 9.78. The molecule has 0 radical (unpaired) electrons. The Hall–Kier alpha value is -1.67. The lowest BCUT2D eigenvalue weighted by Gasteiger charge is -2.44. The Morgan fingerprint density at radius 3 is 2.24 bits per heavy atom. The van der Waals surface area contributed by atoms with E-state index in [0.717, 1.165) is 11.1 Å². The molecule has 3 N–H and O–H groups in total. The summed E-state index contributed by atoms with van der Waals surface area (Å²) in [6, 6.07) is 14.4. The largest absolute Gasteiger partial charge is 0.390 e. The van der Waals surface area contributed by atoms with Crippen LogP contribution in [0.4, 0.5) is 0 Å². The molecule has 2 aromatic rings. The molecule has 0 aliphatic heterocycles. The molecule has 0 spiro atoms. The highest BCUT2D eigenvalue weighted by molar-refractivity contribution is 6.30. The maximum Gasteiger partial charge on any atom is 0.252 e. The number of carbonyl (C=O) groups is 1. The SMILES string of the molecule is CC(C)CNC(=O)[C@@]1(OCc2cccc(Cl)c2)CC(OCc2cccc(Cl)c2)[C@H](O)[C@H](O)C1. The Morgan fingerprint density at radius 2 is 1.67 bits per heavy atom. The van der Waals surface area contributed by atoms with Crippen LogP contribution in [-0.2, 0) is 27.5 Å². The van der Waals surface area contributed by atoms with Crippen LogP contribution in [0.3, 0.4) is 0 Å². The van der Waals surface area contributed by atoms with Crippen molar-refractivity contribution in [1.82, 2.24) is 5.32 Å². The van der Waals surface area contributed by atoms with Gasteiger partial charge in [0.1, 0.15) is 6.10 Å². The second-order valence-corrected chi connectivity index (χ2v) is 9.84. The molecule has 0 aromatic heterocycles. The fourth-order valence-corrected chi connectivity index (χ4v) is 4.32. The number of amides is 1. The number of hydrogen-bond donors (Lipinski definition) is 3. The third kappa shape index (κ3) is 7.15. The molecular weight excluding hydrogens is 465 g/mol. The summed E-state index contributed by atoms with van der Waals surface area (Å²) >= 11 is 12.1. The van der Waals surface area contributed by atoms with Crippen molar-refractivity contribution in [3.8, 4) is 0 Å². The average Bonchev–Trinajstić information content (AvgIpc) is 2.77. The summed E-state index contributed by atoms with van der Waals surface area (Å²) < 4.78 is 12.1. The molecule has 0 saturated heterocycles. The van der Waals surface area contributed by atoms with Gasteiger partial charge >= 0.3 is 0 Å². The molecule has 1 amide bonds. The number of aliphatic hydroxyl groups is 2. The first-order valence-corrected chi connectivity index (χ1v) is 11.8. The molecule has 1 aliphatic rings. The van der Waals surface area contributed by atoms with Gasteiger partial charge in [0.2, 0.25) is 0 Å². The highest BCUT2D eigenvalue weighted by Gasteiger charge is 2.51. The number of hydrogen-bond acceptors (Lipinski definition) is 5. The normalized spacial score (nSPS) is 25.2. The van der Waals surface area contributed by atoms with Crippen molar-refractivity contribution < 1.29 is 24.5 Å². The molecule has 1 saturated carbocycles. The van der Waals surface area contributed by atoms with Gasteiger partial charge in [0, 0.05) is 29.4 Å². The van der Waals surface area contributed by atoms with E-state index in [1.54, 1.807) is 24.3 Å². The third-order valence-electron chi connectivity index (χ3n) is 5.69. The first kappa shape index (κ1) is 25.9. The fraction of sp³-hybridized carbons (Fsp3) is 0.480. The molecule has 1 unspecified atom stereocenters. The minimum absolute atomic E-state index is 0.0459. The van der Waals surface area contributed by atoms with Gasteiger partial charge in [-0.25, -0.2) is 0 Å². The van der Waals surface area contributed by atoms with Crippen molar-refractivity contribution in [1.29, 1.82) is 0 Å². The van der Waals surface area contributed by atoms with Crippen LogP contribution in [0, 0.1) is 5.92 Å². The Kier molecular flexibility index (Phi) is 9.16. The average molecular weight is 496 g/mol. The molecule has 0 bridgehead atoms. The van der Waals surface area contributed by atoms with Gasteiger partial charge < -0.3 is 25.0 Å². The minimum atomic E-state index is -1.37. The van der Waals surface area contributed by atoms with Crippen LogP contribution in [0.25, 0.3) is 0 Å². The van der Waals surface area contributed by atoms with Crippen LogP contribution in [0.1, 0.15) is 37.8 Å². The van der Waals surface area contributed by atoms with Crippen molar-refractivity contribution in [3.63, 3.8) is 0 Å². The zero-order valence-corrected chi connectivity index (χ0v) is 20.4. The van der Waals surface area contributed by atoms with Crippen molar-refractivity contribution in [2.75, 3.05) is 6.54 Å². The summed E-state index contributed by atoms with van der Waals surface area (Å²) in [5.41, 5.74) is 0.259. The van der Waals surface area contributed by atoms with E-state index in [1.165, 1.54) is 0 Å². The molecule has 1 fully saturated rings. The molecule has 180 valence electrons. The van der Waals surface area contributed by atoms with E-state index in [1.807, 2.05) is 38.1 Å². The number of rotatable bonds is 9. The first-order valence-electron chi connectivity index (χ1n) is 11.1. The molecule has 6 nitrogen and oxygen atoms in total. The highest BCUT2D eigenvalue weighted by atomic mass is 35.5. The Bertz CT molecular complexity index is 941. The first-order chi connectivity index (χ1) is 15.7. The van der Waals surface area contributed by atoms with E-state index in [0.29, 0.717) is 16.6 Å². The minimum Gasteiger partial charge on any atom is -0.390 e. The Balaban J connectivity index is 1.80. The number of benzene rings is 2. The Morgan fingerprint density at radius 1 is 1.06 bits per heavy atom. The molecule has 0 heterocycles. The maximum atomic E-state index is 13.3. The van der Waals surface area contributed by atoms with Crippen LogP contribution in [0.15, 0.2) is 48.5 Å². The topological polar surface area (TPSA) is 88.0 Å². The fourth-order valence-electron chi connectivity index (χ4n) is 3.90. The monoisotopic (exact) mass is 495 g/mol. The molecule has 1 aliphatic carbocycles. The molecule has 33 heavy (non-hydrogen) atoms. The predicted octanol–water partition coefficient (Wildman–Crippen LogP) is 4.12. The molecular formula is C25H31Cl2NO5. The van der Waals surface area contributed by atoms with Gasteiger partial charge in [-0.3, -0.25) is 4.79 Å². The van der Waals surface area contributed by atoms with Crippen LogP contribution in [0.2, 0.25) is 10.0 Å². The molecule has 3 rings (SSSR count). The van der Waals surface area contributed by atoms with E-state index < -0.39 is 23.9 Å². The van der Waals surface area contributed by atoms with Gasteiger partial charge in [-0.15, -0.1) is 0 Å². The lowest BCUT2D eigenvalue weighted by molar-refractivity contribution is -0.200. The van der Waals surface area contributed by atoms with Crippen molar-refractivity contribution in [2.45, 2.75) is 63.8 Å². The van der Waals surface area contributed by atoms with Gasteiger partial charge in [-0.05, 0) is 41.3 Å². The number of ether oxygens (including phenoxy) is 2. The zero-order chi connectivity index (χ0) is 24.0. The highest BCUT2D eigenvalue weighted by Crippen LogP contribution is 2.36. The van der Waals surface area contributed by atoms with E-state index >= 15 is 0 Å².